The van der Waals surface area contributed by atoms with Gasteiger partial charge in [-0.15, -0.1) is 21.8 Å². The predicted octanol–water partition coefficient (Wildman–Crippen LogP) is 5.30. The highest BCUT2D eigenvalue weighted by Crippen LogP contribution is 2.34. The first-order valence-electron chi connectivity index (χ1n) is 6.02. The molecule has 3 aromatic rings. The Hall–Kier alpha value is -1.23. The Labute approximate surface area is 134 Å². The number of hydrogen-bond donors (Lipinski definition) is 0. The highest BCUT2D eigenvalue weighted by molar-refractivity contribution is 9.10. The summed E-state index contributed by atoms with van der Waals surface area (Å²) in [7, 11) is 0. The van der Waals surface area contributed by atoms with E-state index < -0.39 is 0 Å². The molecule has 2 aromatic carbocycles. The Morgan fingerprint density at radius 3 is 2.55 bits per heavy atom. The van der Waals surface area contributed by atoms with Crippen molar-refractivity contribution in [2.75, 3.05) is 0 Å². The fourth-order valence-electron chi connectivity index (χ4n) is 1.84. The molecule has 0 spiro atoms. The normalized spacial score (nSPS) is 12.3. The van der Waals surface area contributed by atoms with Crippen LogP contribution in [0.2, 0.25) is 0 Å². The van der Waals surface area contributed by atoms with E-state index in [-0.39, 0.29) is 5.38 Å². The molecule has 0 N–H and O–H groups in total. The van der Waals surface area contributed by atoms with Gasteiger partial charge in [-0.25, -0.2) is 0 Å². The fourth-order valence-corrected chi connectivity index (χ4v) is 3.41. The standard InChI is InChI=1S/C15H10BrClN2S/c16-12-8-4-7-11(9-12)14-18-19-15(20-14)13(17)10-5-2-1-3-6-10/h1-9,13H. The Kier molecular flexibility index (Phi) is 4.15. The van der Waals surface area contributed by atoms with Crippen molar-refractivity contribution in [1.82, 2.24) is 10.2 Å². The minimum absolute atomic E-state index is 0.255. The van der Waals surface area contributed by atoms with Crippen molar-refractivity contribution in [2.24, 2.45) is 0 Å². The minimum atomic E-state index is -0.255. The summed E-state index contributed by atoms with van der Waals surface area (Å²) in [6.45, 7) is 0. The third-order valence-electron chi connectivity index (χ3n) is 2.82. The highest BCUT2D eigenvalue weighted by atomic mass is 79.9. The number of nitrogens with zero attached hydrogens (tertiary/aromatic N) is 2. The van der Waals surface area contributed by atoms with Gasteiger partial charge in [-0.1, -0.05) is 69.7 Å². The van der Waals surface area contributed by atoms with Crippen LogP contribution in [-0.2, 0) is 0 Å². The molecule has 0 aliphatic heterocycles. The summed E-state index contributed by atoms with van der Waals surface area (Å²) >= 11 is 11.4. The summed E-state index contributed by atoms with van der Waals surface area (Å²) in [4.78, 5) is 0. The summed E-state index contributed by atoms with van der Waals surface area (Å²) in [5, 5.41) is 9.89. The van der Waals surface area contributed by atoms with Crippen molar-refractivity contribution in [1.29, 1.82) is 0 Å². The molecule has 0 bridgehead atoms. The van der Waals surface area contributed by atoms with Gasteiger partial charge in [0.2, 0.25) is 0 Å². The van der Waals surface area contributed by atoms with Crippen molar-refractivity contribution in [2.45, 2.75) is 5.38 Å². The van der Waals surface area contributed by atoms with Crippen molar-refractivity contribution >= 4 is 38.9 Å². The topological polar surface area (TPSA) is 25.8 Å². The van der Waals surface area contributed by atoms with Crippen LogP contribution in [0.3, 0.4) is 0 Å². The van der Waals surface area contributed by atoms with Gasteiger partial charge < -0.3 is 0 Å². The van der Waals surface area contributed by atoms with Crippen LogP contribution in [0.5, 0.6) is 0 Å². The van der Waals surface area contributed by atoms with E-state index in [1.807, 2.05) is 54.6 Å². The number of rotatable bonds is 3. The SMILES string of the molecule is ClC(c1ccccc1)c1nnc(-c2cccc(Br)c2)s1. The van der Waals surface area contributed by atoms with E-state index >= 15 is 0 Å². The van der Waals surface area contributed by atoms with Gasteiger partial charge in [0.25, 0.3) is 0 Å². The van der Waals surface area contributed by atoms with Gasteiger partial charge in [0.05, 0.1) is 0 Å². The molecular formula is C15H10BrClN2S. The van der Waals surface area contributed by atoms with Crippen LogP contribution in [0.25, 0.3) is 10.6 Å². The van der Waals surface area contributed by atoms with E-state index in [0.29, 0.717) is 0 Å². The van der Waals surface area contributed by atoms with Crippen LogP contribution in [0, 0.1) is 0 Å². The van der Waals surface area contributed by atoms with E-state index in [9.17, 15) is 0 Å². The zero-order chi connectivity index (χ0) is 13.9. The number of hydrogen-bond acceptors (Lipinski definition) is 3. The van der Waals surface area contributed by atoms with E-state index in [1.165, 1.54) is 11.3 Å². The maximum atomic E-state index is 6.46. The lowest BCUT2D eigenvalue weighted by atomic mass is 10.1. The maximum absolute atomic E-state index is 6.46. The molecule has 0 saturated heterocycles. The molecule has 1 unspecified atom stereocenters. The zero-order valence-electron chi connectivity index (χ0n) is 10.3. The summed E-state index contributed by atoms with van der Waals surface area (Å²) in [6, 6.07) is 17.9. The van der Waals surface area contributed by atoms with Crippen LogP contribution >= 0.6 is 38.9 Å². The number of aromatic nitrogens is 2. The van der Waals surface area contributed by atoms with Gasteiger partial charge in [0.15, 0.2) is 0 Å². The van der Waals surface area contributed by atoms with Crippen LogP contribution in [0.15, 0.2) is 59.1 Å². The van der Waals surface area contributed by atoms with Crippen LogP contribution < -0.4 is 0 Å². The second-order valence-corrected chi connectivity index (χ2v) is 6.59. The Morgan fingerprint density at radius 1 is 1.00 bits per heavy atom. The van der Waals surface area contributed by atoms with E-state index in [1.54, 1.807) is 0 Å². The first-order valence-corrected chi connectivity index (χ1v) is 8.07. The number of halogens is 2. The Balaban J connectivity index is 1.91. The van der Waals surface area contributed by atoms with Gasteiger partial charge in [-0.05, 0) is 17.7 Å². The van der Waals surface area contributed by atoms with Gasteiger partial charge in [-0.3, -0.25) is 0 Å². The zero-order valence-corrected chi connectivity index (χ0v) is 13.5. The molecule has 0 aliphatic carbocycles. The Bertz CT molecular complexity index is 715. The molecule has 1 heterocycles. The minimum Gasteiger partial charge on any atom is -0.141 e. The summed E-state index contributed by atoms with van der Waals surface area (Å²) in [5.74, 6) is 0. The molecule has 0 aliphatic rings. The van der Waals surface area contributed by atoms with Gasteiger partial charge in [0.1, 0.15) is 15.4 Å². The third-order valence-corrected chi connectivity index (χ3v) is 4.94. The first kappa shape index (κ1) is 13.7. The molecule has 0 fully saturated rings. The van der Waals surface area contributed by atoms with E-state index in [2.05, 4.69) is 26.1 Å². The second-order valence-electron chi connectivity index (χ2n) is 4.23. The quantitative estimate of drug-likeness (QED) is 0.589. The molecule has 0 radical (unpaired) electrons. The predicted molar refractivity (Wildman–Crippen MR) is 87.2 cm³/mol. The molecule has 1 atom stereocenters. The highest BCUT2D eigenvalue weighted by Gasteiger charge is 2.16. The molecule has 5 heteroatoms. The number of alkyl halides is 1. The molecular weight excluding hydrogens is 356 g/mol. The molecule has 20 heavy (non-hydrogen) atoms. The smallest absolute Gasteiger partial charge is 0.141 e. The van der Waals surface area contributed by atoms with Crippen molar-refractivity contribution in [3.63, 3.8) is 0 Å². The Morgan fingerprint density at radius 2 is 1.80 bits per heavy atom. The van der Waals surface area contributed by atoms with Crippen LogP contribution in [0.1, 0.15) is 15.9 Å². The molecule has 0 amide bonds. The fraction of sp³-hybridized carbons (Fsp3) is 0.0667. The molecule has 3 rings (SSSR count). The molecule has 2 nitrogen and oxygen atoms in total. The van der Waals surface area contributed by atoms with Gasteiger partial charge >= 0.3 is 0 Å². The lowest BCUT2D eigenvalue weighted by Crippen LogP contribution is -1.91. The van der Waals surface area contributed by atoms with E-state index in [4.69, 9.17) is 11.6 Å². The lowest BCUT2D eigenvalue weighted by molar-refractivity contribution is 0.988. The largest absolute Gasteiger partial charge is 0.147 e. The second kappa shape index (κ2) is 6.04. The van der Waals surface area contributed by atoms with E-state index in [0.717, 1.165) is 25.6 Å². The molecule has 100 valence electrons. The summed E-state index contributed by atoms with van der Waals surface area (Å²) in [5.41, 5.74) is 2.08. The lowest BCUT2D eigenvalue weighted by Gasteiger charge is -2.04. The average molecular weight is 366 g/mol. The third kappa shape index (κ3) is 2.92. The molecule has 0 saturated carbocycles. The van der Waals surface area contributed by atoms with Crippen LogP contribution in [0.4, 0.5) is 0 Å². The maximum Gasteiger partial charge on any atom is 0.147 e. The summed E-state index contributed by atoms with van der Waals surface area (Å²) in [6.07, 6.45) is 0. The van der Waals surface area contributed by atoms with Gasteiger partial charge in [0, 0.05) is 10.0 Å². The number of benzene rings is 2. The first-order chi connectivity index (χ1) is 9.74. The average Bonchev–Trinajstić information content (AvgIpc) is 2.97. The molecule has 1 aromatic heterocycles. The van der Waals surface area contributed by atoms with Crippen molar-refractivity contribution in [3.05, 3.63) is 69.6 Å². The van der Waals surface area contributed by atoms with Gasteiger partial charge in [-0.2, -0.15) is 0 Å². The van der Waals surface area contributed by atoms with Crippen molar-refractivity contribution in [3.8, 4) is 10.6 Å². The monoisotopic (exact) mass is 364 g/mol. The summed E-state index contributed by atoms with van der Waals surface area (Å²) < 4.78 is 1.03. The van der Waals surface area contributed by atoms with Crippen LogP contribution in [-0.4, -0.2) is 10.2 Å². The van der Waals surface area contributed by atoms with Crippen molar-refractivity contribution < 1.29 is 0 Å².